The van der Waals surface area contributed by atoms with E-state index in [1.54, 1.807) is 6.42 Å². The highest BCUT2D eigenvalue weighted by Crippen LogP contribution is 3.17. The lowest BCUT2D eigenvalue weighted by Crippen LogP contribution is -2.20. The van der Waals surface area contributed by atoms with Crippen molar-refractivity contribution in [2.24, 2.45) is 27.6 Å². The van der Waals surface area contributed by atoms with Crippen molar-refractivity contribution in [3.8, 4) is 0 Å². The Kier molecular flexibility index (Phi) is 0.611. The first-order chi connectivity index (χ1) is 4.82. The zero-order chi connectivity index (χ0) is 8.28. The van der Waals surface area contributed by atoms with Gasteiger partial charge in [-0.2, -0.15) is 0 Å². The van der Waals surface area contributed by atoms with E-state index in [0.717, 1.165) is 22.2 Å². The summed E-state index contributed by atoms with van der Waals surface area (Å²) in [6.07, 6.45) is 1.54. The number of rotatable bonds is 0. The molecule has 0 aromatic rings. The third kappa shape index (κ3) is 0.316. The van der Waals surface area contributed by atoms with Crippen molar-refractivity contribution in [2.75, 3.05) is 0 Å². The summed E-state index contributed by atoms with van der Waals surface area (Å²) in [4.78, 5) is 0. The van der Waals surface area contributed by atoms with Gasteiger partial charge in [0.2, 0.25) is 0 Å². The number of hydrogen-bond donors (Lipinski definition) is 0. The summed E-state index contributed by atoms with van der Waals surface area (Å²) in [5, 5.41) is 0. The second-order valence-electron chi connectivity index (χ2n) is 6.48. The first-order valence-electron chi connectivity index (χ1n) is 4.82. The summed E-state index contributed by atoms with van der Waals surface area (Å²) in [6, 6.07) is 0. The van der Waals surface area contributed by atoms with Crippen LogP contribution in [0.3, 0.4) is 0 Å². The second-order valence-corrected chi connectivity index (χ2v) is 6.48. The van der Waals surface area contributed by atoms with Crippen molar-refractivity contribution in [2.45, 2.75) is 41.0 Å². The molecule has 0 radical (unpaired) electrons. The van der Waals surface area contributed by atoms with Gasteiger partial charge in [0.1, 0.15) is 0 Å². The van der Waals surface area contributed by atoms with Crippen LogP contribution in [-0.2, 0) is 0 Å². The Bertz CT molecular complexity index is 248. The number of fused-ring (bicyclic) bond motifs is 1. The molecule has 0 bridgehead atoms. The van der Waals surface area contributed by atoms with Gasteiger partial charge in [-0.05, 0) is 34.0 Å². The molecular weight excluding hydrogens is 132 g/mol. The normalized spacial score (nSPS) is 70.1. The molecule has 3 aliphatic carbocycles. The van der Waals surface area contributed by atoms with Crippen LogP contribution in [0.5, 0.6) is 0 Å². The molecule has 0 heterocycles. The maximum atomic E-state index is 2.51. The van der Waals surface area contributed by atoms with Crippen molar-refractivity contribution in [1.82, 2.24) is 0 Å². The fourth-order valence-electron chi connectivity index (χ4n) is 4.88. The van der Waals surface area contributed by atoms with Crippen LogP contribution in [0.1, 0.15) is 41.0 Å². The van der Waals surface area contributed by atoms with Crippen LogP contribution in [0.2, 0.25) is 0 Å². The Morgan fingerprint density at radius 1 is 1.18 bits per heavy atom. The summed E-state index contributed by atoms with van der Waals surface area (Å²) < 4.78 is 0. The Morgan fingerprint density at radius 3 is 1.73 bits per heavy atom. The second kappa shape index (κ2) is 1.03. The summed E-state index contributed by atoms with van der Waals surface area (Å²) in [6.45, 7) is 12.2. The van der Waals surface area contributed by atoms with Gasteiger partial charge in [0.25, 0.3) is 0 Å². The molecule has 0 aromatic carbocycles. The van der Waals surface area contributed by atoms with E-state index in [4.69, 9.17) is 0 Å². The van der Waals surface area contributed by atoms with Crippen LogP contribution < -0.4 is 0 Å². The van der Waals surface area contributed by atoms with Gasteiger partial charge in [-0.1, -0.05) is 34.6 Å². The molecule has 3 saturated carbocycles. The van der Waals surface area contributed by atoms with Gasteiger partial charge < -0.3 is 0 Å². The maximum absolute atomic E-state index is 2.51. The molecule has 4 atom stereocenters. The molecule has 0 nitrogen and oxygen atoms in total. The highest BCUT2D eigenvalue weighted by atomic mass is 15.2. The van der Waals surface area contributed by atoms with Gasteiger partial charge in [0, 0.05) is 0 Å². The molecule has 3 rings (SSSR count). The topological polar surface area (TPSA) is 0 Å². The highest BCUT2D eigenvalue weighted by Gasteiger charge is 3.12. The Morgan fingerprint density at radius 2 is 1.64 bits per heavy atom. The van der Waals surface area contributed by atoms with Gasteiger partial charge in [-0.3, -0.25) is 0 Å². The Balaban J connectivity index is 1.93. The van der Waals surface area contributed by atoms with Crippen molar-refractivity contribution >= 4 is 0 Å². The molecule has 0 aromatic heterocycles. The Labute approximate surface area is 69.4 Å². The molecule has 0 N–H and O–H groups in total. The molecule has 11 heavy (non-hydrogen) atoms. The largest absolute Gasteiger partial charge is 0.0599 e. The third-order valence-corrected chi connectivity index (χ3v) is 5.36. The van der Waals surface area contributed by atoms with Crippen molar-refractivity contribution in [3.63, 3.8) is 0 Å². The molecule has 3 aliphatic rings. The molecule has 0 heteroatoms. The van der Waals surface area contributed by atoms with Gasteiger partial charge in [-0.15, -0.1) is 0 Å². The van der Waals surface area contributed by atoms with Crippen LogP contribution in [0.4, 0.5) is 0 Å². The molecule has 3 fully saturated rings. The van der Waals surface area contributed by atoms with E-state index in [-0.39, 0.29) is 0 Å². The minimum Gasteiger partial charge on any atom is -0.0599 e. The minimum atomic E-state index is 0.574. The molecule has 0 saturated heterocycles. The summed E-state index contributed by atoms with van der Waals surface area (Å²) in [5.74, 6) is 1.05. The van der Waals surface area contributed by atoms with E-state index in [1.165, 1.54) is 0 Å². The zero-order valence-corrected chi connectivity index (χ0v) is 8.28. The van der Waals surface area contributed by atoms with E-state index in [0.29, 0.717) is 5.41 Å². The van der Waals surface area contributed by atoms with Crippen molar-refractivity contribution in [3.05, 3.63) is 0 Å². The van der Waals surface area contributed by atoms with Crippen molar-refractivity contribution < 1.29 is 0 Å². The van der Waals surface area contributed by atoms with Crippen LogP contribution in [0, 0.1) is 27.6 Å². The third-order valence-electron chi connectivity index (χ3n) is 5.36. The summed E-state index contributed by atoms with van der Waals surface area (Å²) in [7, 11) is 0. The first-order valence-corrected chi connectivity index (χ1v) is 4.82. The van der Waals surface area contributed by atoms with E-state index in [1.807, 2.05) is 0 Å². The fourth-order valence-corrected chi connectivity index (χ4v) is 4.88. The SMILES string of the molecule is CC(C)(C)C1C2(C)C3(C)CC132. The maximum Gasteiger partial charge on any atom is -0.0131 e. The monoisotopic (exact) mass is 150 g/mol. The van der Waals surface area contributed by atoms with E-state index < -0.39 is 0 Å². The molecule has 0 amide bonds. The fraction of sp³-hybridized carbons (Fsp3) is 1.00. The van der Waals surface area contributed by atoms with Crippen LogP contribution in [-0.4, -0.2) is 0 Å². The lowest BCUT2D eigenvalue weighted by Gasteiger charge is -2.27. The van der Waals surface area contributed by atoms with Crippen LogP contribution in [0.15, 0.2) is 0 Å². The number of hydrogen-bond acceptors (Lipinski definition) is 0. The zero-order valence-electron chi connectivity index (χ0n) is 8.28. The lowest BCUT2D eigenvalue weighted by molar-refractivity contribution is 0.215. The average molecular weight is 150 g/mol. The highest BCUT2D eigenvalue weighted by molar-refractivity contribution is 5.59. The molecule has 4 unspecified atom stereocenters. The van der Waals surface area contributed by atoms with Crippen molar-refractivity contribution in [1.29, 1.82) is 0 Å². The van der Waals surface area contributed by atoms with Gasteiger partial charge in [0.05, 0.1) is 0 Å². The molecule has 62 valence electrons. The van der Waals surface area contributed by atoms with E-state index >= 15 is 0 Å². The average Bonchev–Trinajstić information content (AvgIpc) is 2.57. The summed E-state index contributed by atoms with van der Waals surface area (Å²) >= 11 is 0. The van der Waals surface area contributed by atoms with Gasteiger partial charge in [-0.25, -0.2) is 0 Å². The predicted molar refractivity (Wildman–Crippen MR) is 46.2 cm³/mol. The molecule has 1 spiro atoms. The van der Waals surface area contributed by atoms with Crippen LogP contribution >= 0.6 is 0 Å². The lowest BCUT2D eigenvalue weighted by atomic mass is 9.78. The van der Waals surface area contributed by atoms with E-state index in [9.17, 15) is 0 Å². The smallest absolute Gasteiger partial charge is 0.0131 e. The predicted octanol–water partition coefficient (Wildman–Crippen LogP) is 3.08. The molecule has 0 aliphatic heterocycles. The quantitative estimate of drug-likeness (QED) is 0.498. The van der Waals surface area contributed by atoms with E-state index in [2.05, 4.69) is 34.6 Å². The Hall–Kier alpha value is 0. The standard InChI is InChI=1S/C11H18/c1-8(2,3)7-10(5)9(4)6-11(7,9)10/h7H,6H2,1-5H3. The van der Waals surface area contributed by atoms with Gasteiger partial charge >= 0.3 is 0 Å². The van der Waals surface area contributed by atoms with Crippen LogP contribution in [0.25, 0.3) is 0 Å². The molecular formula is C11H18. The minimum absolute atomic E-state index is 0.574. The first kappa shape index (κ1) is 6.51. The summed E-state index contributed by atoms with van der Waals surface area (Å²) in [5.41, 5.74) is 3.04. The van der Waals surface area contributed by atoms with Gasteiger partial charge in [0.15, 0.2) is 0 Å².